The number of aromatic amines is 1. The molecular formula is C14H14N4O2. The van der Waals surface area contributed by atoms with Gasteiger partial charge in [-0.05, 0) is 30.2 Å². The Morgan fingerprint density at radius 2 is 2.05 bits per heavy atom. The number of hydrogen-bond donors (Lipinski definition) is 3. The maximum absolute atomic E-state index is 11.9. The lowest BCUT2D eigenvalue weighted by molar-refractivity contribution is -0.122. The first-order chi connectivity index (χ1) is 9.72. The van der Waals surface area contributed by atoms with E-state index in [2.05, 4.69) is 20.8 Å². The minimum absolute atomic E-state index is 0.0697. The van der Waals surface area contributed by atoms with E-state index >= 15 is 0 Å². The molecule has 1 fully saturated rings. The van der Waals surface area contributed by atoms with Crippen molar-refractivity contribution in [3.63, 3.8) is 0 Å². The van der Waals surface area contributed by atoms with Crippen LogP contribution in [0.4, 0.5) is 5.69 Å². The lowest BCUT2D eigenvalue weighted by Crippen LogP contribution is -2.37. The van der Waals surface area contributed by atoms with Crippen molar-refractivity contribution >= 4 is 17.5 Å². The van der Waals surface area contributed by atoms with E-state index < -0.39 is 6.04 Å². The number of amides is 2. The summed E-state index contributed by atoms with van der Waals surface area (Å²) in [5.74, 6) is -0.245. The average Bonchev–Trinajstić information content (AvgIpc) is 3.10. The molecule has 2 amide bonds. The third kappa shape index (κ3) is 2.54. The Morgan fingerprint density at radius 3 is 2.65 bits per heavy atom. The zero-order valence-corrected chi connectivity index (χ0v) is 10.7. The van der Waals surface area contributed by atoms with Crippen LogP contribution in [0.5, 0.6) is 0 Å². The number of benzene rings is 1. The summed E-state index contributed by atoms with van der Waals surface area (Å²) in [4.78, 5) is 23.0. The number of nitrogens with zero attached hydrogens (tertiary/aromatic N) is 1. The molecule has 1 atom stereocenters. The van der Waals surface area contributed by atoms with E-state index in [1.54, 1.807) is 6.20 Å². The monoisotopic (exact) mass is 270 g/mol. The zero-order valence-electron chi connectivity index (χ0n) is 10.7. The van der Waals surface area contributed by atoms with Gasteiger partial charge in [0.05, 0.1) is 5.69 Å². The minimum Gasteiger partial charge on any atom is -0.344 e. The number of carbonyl (C=O) groups is 2. The highest BCUT2D eigenvalue weighted by molar-refractivity contribution is 5.99. The summed E-state index contributed by atoms with van der Waals surface area (Å²) in [5, 5.41) is 12.2. The summed E-state index contributed by atoms with van der Waals surface area (Å²) >= 11 is 0. The summed E-state index contributed by atoms with van der Waals surface area (Å²) in [5.41, 5.74) is 2.63. The quantitative estimate of drug-likeness (QED) is 0.785. The third-order valence-corrected chi connectivity index (χ3v) is 3.28. The van der Waals surface area contributed by atoms with Crippen molar-refractivity contribution in [2.24, 2.45) is 0 Å². The molecule has 1 aliphatic heterocycles. The fraction of sp³-hybridized carbons (Fsp3) is 0.214. The van der Waals surface area contributed by atoms with Crippen molar-refractivity contribution < 1.29 is 9.59 Å². The zero-order chi connectivity index (χ0) is 13.9. The van der Waals surface area contributed by atoms with Gasteiger partial charge < -0.3 is 10.6 Å². The second-order valence-corrected chi connectivity index (χ2v) is 4.70. The normalized spacial score (nSPS) is 17.8. The first-order valence-electron chi connectivity index (χ1n) is 6.42. The Morgan fingerprint density at radius 1 is 1.25 bits per heavy atom. The summed E-state index contributed by atoms with van der Waals surface area (Å²) in [7, 11) is 0. The van der Waals surface area contributed by atoms with Crippen LogP contribution in [0.1, 0.15) is 12.8 Å². The molecule has 3 rings (SSSR count). The largest absolute Gasteiger partial charge is 0.344 e. The molecule has 102 valence electrons. The average molecular weight is 270 g/mol. The van der Waals surface area contributed by atoms with Crippen LogP contribution in [-0.2, 0) is 9.59 Å². The topological polar surface area (TPSA) is 86.9 Å². The highest BCUT2D eigenvalue weighted by Gasteiger charge is 2.26. The summed E-state index contributed by atoms with van der Waals surface area (Å²) < 4.78 is 0. The van der Waals surface area contributed by atoms with Crippen LogP contribution in [0.15, 0.2) is 36.5 Å². The van der Waals surface area contributed by atoms with E-state index in [9.17, 15) is 9.59 Å². The lowest BCUT2D eigenvalue weighted by Gasteiger charge is -2.11. The second kappa shape index (κ2) is 5.16. The Balaban J connectivity index is 1.66. The molecule has 2 heterocycles. The van der Waals surface area contributed by atoms with Gasteiger partial charge in [0, 0.05) is 18.3 Å². The number of carbonyl (C=O) groups excluding carboxylic acids is 2. The molecule has 20 heavy (non-hydrogen) atoms. The first-order valence-corrected chi connectivity index (χ1v) is 6.42. The summed E-state index contributed by atoms with van der Waals surface area (Å²) in [6, 6.07) is 8.90. The van der Waals surface area contributed by atoms with Crippen molar-refractivity contribution in [3.05, 3.63) is 36.5 Å². The number of aromatic nitrogens is 2. The van der Waals surface area contributed by atoms with Crippen LogP contribution in [0.25, 0.3) is 11.3 Å². The van der Waals surface area contributed by atoms with Gasteiger partial charge in [-0.1, -0.05) is 12.1 Å². The molecule has 6 heteroatoms. The Hall–Kier alpha value is -2.63. The first kappa shape index (κ1) is 12.4. The predicted molar refractivity (Wildman–Crippen MR) is 73.8 cm³/mol. The molecule has 1 unspecified atom stereocenters. The van der Waals surface area contributed by atoms with Gasteiger partial charge in [-0.15, -0.1) is 0 Å². The van der Waals surface area contributed by atoms with Crippen LogP contribution in [0.3, 0.4) is 0 Å². The van der Waals surface area contributed by atoms with Gasteiger partial charge in [0.15, 0.2) is 0 Å². The molecule has 0 saturated carbocycles. The molecular weight excluding hydrogens is 256 g/mol. The fourth-order valence-corrected chi connectivity index (χ4v) is 2.19. The molecule has 2 aromatic rings. The molecule has 6 nitrogen and oxygen atoms in total. The Bertz CT molecular complexity index is 619. The molecule has 1 aromatic heterocycles. The Labute approximate surface area is 115 Å². The van der Waals surface area contributed by atoms with E-state index in [0.29, 0.717) is 18.5 Å². The smallest absolute Gasteiger partial charge is 0.246 e. The standard InChI is InChI=1S/C14H14N4O2/c19-13-6-5-12(17-13)14(20)16-10-3-1-9(2-4-10)11-7-8-15-18-11/h1-4,7-8,12H,5-6H2,(H,15,18)(H,16,20)(H,17,19). The number of H-pyrrole nitrogens is 1. The van der Waals surface area contributed by atoms with Crippen molar-refractivity contribution in [1.82, 2.24) is 15.5 Å². The summed E-state index contributed by atoms with van der Waals surface area (Å²) in [6.45, 7) is 0. The number of anilines is 1. The van der Waals surface area contributed by atoms with E-state index in [1.165, 1.54) is 0 Å². The molecule has 0 aliphatic carbocycles. The van der Waals surface area contributed by atoms with Crippen LogP contribution in [0.2, 0.25) is 0 Å². The van der Waals surface area contributed by atoms with Crippen LogP contribution >= 0.6 is 0 Å². The van der Waals surface area contributed by atoms with E-state index in [1.807, 2.05) is 30.3 Å². The number of rotatable bonds is 3. The predicted octanol–water partition coefficient (Wildman–Crippen LogP) is 1.29. The van der Waals surface area contributed by atoms with Crippen molar-refractivity contribution in [3.8, 4) is 11.3 Å². The van der Waals surface area contributed by atoms with E-state index in [4.69, 9.17) is 0 Å². The molecule has 0 bridgehead atoms. The van der Waals surface area contributed by atoms with Gasteiger partial charge in [-0.25, -0.2) is 0 Å². The SMILES string of the molecule is O=C1CCC(C(=O)Nc2ccc(-c3ccn[nH]3)cc2)N1. The van der Waals surface area contributed by atoms with Crippen molar-refractivity contribution in [2.45, 2.75) is 18.9 Å². The van der Waals surface area contributed by atoms with Gasteiger partial charge in [-0.2, -0.15) is 5.10 Å². The second-order valence-electron chi connectivity index (χ2n) is 4.70. The number of hydrogen-bond acceptors (Lipinski definition) is 3. The molecule has 1 aromatic carbocycles. The van der Waals surface area contributed by atoms with Gasteiger partial charge in [-0.3, -0.25) is 14.7 Å². The van der Waals surface area contributed by atoms with E-state index in [-0.39, 0.29) is 11.8 Å². The third-order valence-electron chi connectivity index (χ3n) is 3.28. The van der Waals surface area contributed by atoms with Gasteiger partial charge in [0.1, 0.15) is 6.04 Å². The lowest BCUT2D eigenvalue weighted by atomic mass is 10.1. The van der Waals surface area contributed by atoms with Gasteiger partial charge >= 0.3 is 0 Å². The molecule has 1 aliphatic rings. The number of nitrogens with one attached hydrogen (secondary N) is 3. The maximum Gasteiger partial charge on any atom is 0.246 e. The minimum atomic E-state index is -0.421. The molecule has 3 N–H and O–H groups in total. The highest BCUT2D eigenvalue weighted by atomic mass is 16.2. The molecule has 0 radical (unpaired) electrons. The van der Waals surface area contributed by atoms with Crippen molar-refractivity contribution in [1.29, 1.82) is 0 Å². The summed E-state index contributed by atoms with van der Waals surface area (Å²) in [6.07, 6.45) is 2.65. The van der Waals surface area contributed by atoms with Crippen LogP contribution in [0, 0.1) is 0 Å². The van der Waals surface area contributed by atoms with Crippen LogP contribution < -0.4 is 10.6 Å². The Kier molecular flexibility index (Phi) is 3.20. The molecule has 0 spiro atoms. The van der Waals surface area contributed by atoms with Gasteiger partial charge in [0.25, 0.3) is 0 Å². The fourth-order valence-electron chi connectivity index (χ4n) is 2.19. The maximum atomic E-state index is 11.9. The van der Waals surface area contributed by atoms with E-state index in [0.717, 1.165) is 11.3 Å². The van der Waals surface area contributed by atoms with Crippen LogP contribution in [-0.4, -0.2) is 28.1 Å². The molecule has 1 saturated heterocycles. The van der Waals surface area contributed by atoms with Crippen molar-refractivity contribution in [2.75, 3.05) is 5.32 Å². The highest BCUT2D eigenvalue weighted by Crippen LogP contribution is 2.19. The van der Waals surface area contributed by atoms with Gasteiger partial charge in [0.2, 0.25) is 11.8 Å².